The van der Waals surface area contributed by atoms with Crippen LogP contribution in [0.4, 0.5) is 0 Å². The quantitative estimate of drug-likeness (QED) is 0.637. The molecule has 0 aliphatic carbocycles. The number of aromatic hydroxyl groups is 2. The molecule has 0 aliphatic rings. The smallest absolute Gasteiger partial charge is 0.339 e. The first-order valence-electron chi connectivity index (χ1n) is 5.53. The van der Waals surface area contributed by atoms with E-state index in [0.29, 0.717) is 5.56 Å². The summed E-state index contributed by atoms with van der Waals surface area (Å²) >= 11 is 0. The van der Waals surface area contributed by atoms with Crippen LogP contribution in [0.2, 0.25) is 0 Å². The Labute approximate surface area is 113 Å². The Kier molecular flexibility index (Phi) is 3.30. The molecular formula is C14H10O6. The molecule has 0 atom stereocenters. The molecule has 0 radical (unpaired) electrons. The van der Waals surface area contributed by atoms with Gasteiger partial charge in [0.15, 0.2) is 11.5 Å². The van der Waals surface area contributed by atoms with Crippen molar-refractivity contribution in [2.24, 2.45) is 0 Å². The minimum absolute atomic E-state index is 0.0830. The van der Waals surface area contributed by atoms with Gasteiger partial charge in [-0.1, -0.05) is 12.1 Å². The average Bonchev–Trinajstić information content (AvgIpc) is 2.41. The van der Waals surface area contributed by atoms with Gasteiger partial charge in [-0.3, -0.25) is 0 Å². The van der Waals surface area contributed by atoms with Crippen LogP contribution in [0.1, 0.15) is 20.7 Å². The normalized spacial score (nSPS) is 10.2. The molecular weight excluding hydrogens is 264 g/mol. The van der Waals surface area contributed by atoms with Gasteiger partial charge in [0.25, 0.3) is 0 Å². The van der Waals surface area contributed by atoms with Crippen molar-refractivity contribution in [2.45, 2.75) is 0 Å². The first-order chi connectivity index (χ1) is 9.41. The molecule has 2 aromatic rings. The Bertz CT molecular complexity index is 688. The lowest BCUT2D eigenvalue weighted by atomic mass is 10.0. The van der Waals surface area contributed by atoms with Gasteiger partial charge < -0.3 is 20.4 Å². The number of aromatic carboxylic acids is 2. The van der Waals surface area contributed by atoms with Gasteiger partial charge in [-0.25, -0.2) is 9.59 Å². The van der Waals surface area contributed by atoms with E-state index in [0.717, 1.165) is 6.07 Å². The maximum Gasteiger partial charge on any atom is 0.339 e. The van der Waals surface area contributed by atoms with Crippen molar-refractivity contribution in [3.8, 4) is 22.6 Å². The first-order valence-corrected chi connectivity index (χ1v) is 5.53. The number of benzene rings is 2. The van der Waals surface area contributed by atoms with E-state index >= 15 is 0 Å². The summed E-state index contributed by atoms with van der Waals surface area (Å²) in [6.45, 7) is 0. The highest BCUT2D eigenvalue weighted by Gasteiger charge is 2.17. The number of carboxylic acids is 2. The van der Waals surface area contributed by atoms with Gasteiger partial charge in [-0.2, -0.15) is 0 Å². The molecule has 0 aliphatic heterocycles. The first kappa shape index (κ1) is 13.4. The third kappa shape index (κ3) is 2.26. The number of hydrogen-bond donors (Lipinski definition) is 4. The minimum Gasteiger partial charge on any atom is -0.504 e. The molecule has 6 nitrogen and oxygen atoms in total. The molecule has 20 heavy (non-hydrogen) atoms. The fraction of sp³-hybridized carbons (Fsp3) is 0. The van der Waals surface area contributed by atoms with Gasteiger partial charge in [0.05, 0.1) is 5.56 Å². The molecule has 0 saturated heterocycles. The van der Waals surface area contributed by atoms with Crippen LogP contribution in [0.25, 0.3) is 11.1 Å². The van der Waals surface area contributed by atoms with E-state index < -0.39 is 29.0 Å². The minimum atomic E-state index is -1.36. The van der Waals surface area contributed by atoms with Crippen molar-refractivity contribution in [3.05, 3.63) is 47.5 Å². The van der Waals surface area contributed by atoms with Crippen LogP contribution in [-0.2, 0) is 0 Å². The number of carboxylic acid groups (broad SMARTS) is 2. The van der Waals surface area contributed by atoms with Gasteiger partial charge in [0, 0.05) is 5.56 Å². The van der Waals surface area contributed by atoms with E-state index in [4.69, 9.17) is 10.2 Å². The maximum atomic E-state index is 10.8. The van der Waals surface area contributed by atoms with Gasteiger partial charge in [-0.05, 0) is 29.8 Å². The molecule has 0 bridgehead atoms. The zero-order chi connectivity index (χ0) is 14.9. The highest BCUT2D eigenvalue weighted by molar-refractivity contribution is 5.94. The summed E-state index contributed by atoms with van der Waals surface area (Å²) < 4.78 is 0. The summed E-state index contributed by atoms with van der Waals surface area (Å²) in [5.41, 5.74) is 0.345. The van der Waals surface area contributed by atoms with Crippen molar-refractivity contribution >= 4 is 11.9 Å². The number of phenols is 2. The monoisotopic (exact) mass is 274 g/mol. The highest BCUT2D eigenvalue weighted by atomic mass is 16.4. The van der Waals surface area contributed by atoms with Crippen molar-refractivity contribution < 1.29 is 30.0 Å². The fourth-order valence-electron chi connectivity index (χ4n) is 1.78. The lowest BCUT2D eigenvalue weighted by Gasteiger charge is -2.09. The molecule has 2 aromatic carbocycles. The van der Waals surface area contributed by atoms with Gasteiger partial charge in [-0.15, -0.1) is 0 Å². The van der Waals surface area contributed by atoms with Crippen LogP contribution < -0.4 is 0 Å². The molecule has 4 N–H and O–H groups in total. The van der Waals surface area contributed by atoms with Crippen LogP contribution in [0, 0.1) is 0 Å². The van der Waals surface area contributed by atoms with Crippen LogP contribution in [0.5, 0.6) is 11.5 Å². The molecule has 102 valence electrons. The Morgan fingerprint density at radius 2 is 1.35 bits per heavy atom. The lowest BCUT2D eigenvalue weighted by Crippen LogP contribution is -1.97. The maximum absolute atomic E-state index is 10.8. The molecule has 0 heterocycles. The van der Waals surface area contributed by atoms with Crippen LogP contribution in [0.15, 0.2) is 36.4 Å². The second kappa shape index (κ2) is 4.93. The van der Waals surface area contributed by atoms with E-state index in [9.17, 15) is 19.8 Å². The predicted octanol–water partition coefficient (Wildman–Crippen LogP) is 2.16. The van der Waals surface area contributed by atoms with E-state index in [2.05, 4.69) is 0 Å². The zero-order valence-electron chi connectivity index (χ0n) is 10.1. The summed E-state index contributed by atoms with van der Waals surface area (Å²) in [6.07, 6.45) is 0. The summed E-state index contributed by atoms with van der Waals surface area (Å²) in [7, 11) is 0. The van der Waals surface area contributed by atoms with Gasteiger partial charge >= 0.3 is 11.9 Å². The van der Waals surface area contributed by atoms with E-state index in [1.807, 2.05) is 0 Å². The molecule has 0 unspecified atom stereocenters. The average molecular weight is 274 g/mol. The molecule has 0 fully saturated rings. The highest BCUT2D eigenvalue weighted by Crippen LogP contribution is 2.38. The van der Waals surface area contributed by atoms with E-state index in [1.54, 1.807) is 0 Å². The van der Waals surface area contributed by atoms with Crippen molar-refractivity contribution in [2.75, 3.05) is 0 Å². The molecule has 0 saturated carbocycles. The summed E-state index contributed by atoms with van der Waals surface area (Å²) in [5.74, 6) is -3.72. The Hall–Kier alpha value is -3.02. The van der Waals surface area contributed by atoms with Crippen LogP contribution >= 0.6 is 0 Å². The molecule has 0 aromatic heterocycles. The lowest BCUT2D eigenvalue weighted by molar-refractivity contribution is 0.0683. The SMILES string of the molecule is O=C(O)c1ccc(-c2ccc(C(=O)O)c(O)c2O)cc1. The molecule has 0 amide bonds. The Balaban J connectivity index is 2.51. The molecule has 2 rings (SSSR count). The van der Waals surface area contributed by atoms with Crippen LogP contribution in [0.3, 0.4) is 0 Å². The van der Waals surface area contributed by atoms with E-state index in [1.165, 1.54) is 30.3 Å². The predicted molar refractivity (Wildman–Crippen MR) is 69.1 cm³/mol. The number of rotatable bonds is 3. The van der Waals surface area contributed by atoms with Gasteiger partial charge in [0.1, 0.15) is 5.56 Å². The zero-order valence-corrected chi connectivity index (χ0v) is 10.1. The second-order valence-electron chi connectivity index (χ2n) is 4.05. The number of phenolic OH excluding ortho intramolecular Hbond substituents is 1. The molecule has 6 heteroatoms. The number of carbonyl (C=O) groups is 2. The van der Waals surface area contributed by atoms with Crippen molar-refractivity contribution in [1.82, 2.24) is 0 Å². The van der Waals surface area contributed by atoms with Gasteiger partial charge in [0.2, 0.25) is 0 Å². The van der Waals surface area contributed by atoms with Crippen molar-refractivity contribution in [3.63, 3.8) is 0 Å². The number of hydrogen-bond acceptors (Lipinski definition) is 4. The summed E-state index contributed by atoms with van der Waals surface area (Å²) in [5, 5.41) is 37.1. The molecule has 0 spiro atoms. The summed E-state index contributed by atoms with van der Waals surface area (Å²) in [4.78, 5) is 21.5. The summed E-state index contributed by atoms with van der Waals surface area (Å²) in [6, 6.07) is 8.11. The topological polar surface area (TPSA) is 115 Å². The van der Waals surface area contributed by atoms with Crippen molar-refractivity contribution in [1.29, 1.82) is 0 Å². The second-order valence-corrected chi connectivity index (χ2v) is 4.05. The largest absolute Gasteiger partial charge is 0.504 e. The van der Waals surface area contributed by atoms with E-state index in [-0.39, 0.29) is 11.1 Å². The standard InChI is InChI=1S/C14H10O6/c15-11-9(5-6-10(12(11)16)14(19)20)7-1-3-8(4-2-7)13(17)18/h1-6,15-16H,(H,17,18)(H,19,20). The Morgan fingerprint density at radius 3 is 1.85 bits per heavy atom. The Morgan fingerprint density at radius 1 is 0.750 bits per heavy atom. The third-order valence-corrected chi connectivity index (χ3v) is 2.82. The fourth-order valence-corrected chi connectivity index (χ4v) is 1.78. The van der Waals surface area contributed by atoms with Crippen LogP contribution in [-0.4, -0.2) is 32.4 Å². The third-order valence-electron chi connectivity index (χ3n) is 2.82.